The maximum Gasteiger partial charge on any atom is 0.0793 e. The number of hydrogen-bond donors (Lipinski definition) is 1. The maximum atomic E-state index is 10.1. The molecule has 94 valence electrons. The number of rotatable bonds is 4. The summed E-state index contributed by atoms with van der Waals surface area (Å²) in [6.07, 6.45) is 1.11. The van der Waals surface area contributed by atoms with Gasteiger partial charge in [0.25, 0.3) is 0 Å². The SMILES string of the molecule is OC(CCc1ccc(Cl)cc1)c1cccc(Br)c1. The second kappa shape index (κ2) is 6.37. The average molecular weight is 326 g/mol. The van der Waals surface area contributed by atoms with E-state index in [-0.39, 0.29) is 0 Å². The van der Waals surface area contributed by atoms with Crippen molar-refractivity contribution in [3.05, 3.63) is 69.2 Å². The van der Waals surface area contributed by atoms with Gasteiger partial charge in [-0.2, -0.15) is 0 Å². The molecule has 0 amide bonds. The van der Waals surface area contributed by atoms with Crippen molar-refractivity contribution in [2.45, 2.75) is 18.9 Å². The predicted octanol–water partition coefficient (Wildman–Crippen LogP) is 4.77. The molecule has 0 aromatic heterocycles. The van der Waals surface area contributed by atoms with E-state index >= 15 is 0 Å². The summed E-state index contributed by atoms with van der Waals surface area (Å²) in [6.45, 7) is 0. The largest absolute Gasteiger partial charge is 0.388 e. The van der Waals surface area contributed by atoms with Gasteiger partial charge in [-0.1, -0.05) is 51.8 Å². The van der Waals surface area contributed by atoms with E-state index in [4.69, 9.17) is 11.6 Å². The molecule has 1 N–H and O–H groups in total. The van der Waals surface area contributed by atoms with Gasteiger partial charge in [-0.3, -0.25) is 0 Å². The first-order chi connectivity index (χ1) is 8.65. The highest BCUT2D eigenvalue weighted by Crippen LogP contribution is 2.22. The van der Waals surface area contributed by atoms with Crippen LogP contribution < -0.4 is 0 Å². The third kappa shape index (κ3) is 3.84. The van der Waals surface area contributed by atoms with Crippen molar-refractivity contribution >= 4 is 27.5 Å². The molecular formula is C15H14BrClO. The molecule has 0 bridgehead atoms. The Bertz CT molecular complexity index is 510. The van der Waals surface area contributed by atoms with E-state index in [2.05, 4.69) is 15.9 Å². The Kier molecular flexibility index (Phi) is 4.81. The lowest BCUT2D eigenvalue weighted by Crippen LogP contribution is -1.99. The summed E-state index contributed by atoms with van der Waals surface area (Å²) in [6, 6.07) is 15.5. The fraction of sp³-hybridized carbons (Fsp3) is 0.200. The van der Waals surface area contributed by atoms with Gasteiger partial charge in [0.15, 0.2) is 0 Å². The van der Waals surface area contributed by atoms with Crippen LogP contribution in [-0.2, 0) is 6.42 Å². The quantitative estimate of drug-likeness (QED) is 0.858. The molecule has 0 spiro atoms. The molecule has 0 saturated heterocycles. The van der Waals surface area contributed by atoms with Crippen molar-refractivity contribution in [2.75, 3.05) is 0 Å². The number of aliphatic hydroxyl groups excluding tert-OH is 1. The third-order valence-corrected chi connectivity index (χ3v) is 3.60. The first-order valence-corrected chi connectivity index (χ1v) is 7.00. The molecular weight excluding hydrogens is 312 g/mol. The van der Waals surface area contributed by atoms with Crippen molar-refractivity contribution in [3.8, 4) is 0 Å². The molecule has 0 radical (unpaired) electrons. The molecule has 2 aromatic rings. The smallest absolute Gasteiger partial charge is 0.0793 e. The van der Waals surface area contributed by atoms with Gasteiger partial charge in [-0.15, -0.1) is 0 Å². The van der Waals surface area contributed by atoms with E-state index in [0.29, 0.717) is 6.42 Å². The molecule has 0 fully saturated rings. The van der Waals surface area contributed by atoms with Gasteiger partial charge in [-0.25, -0.2) is 0 Å². The molecule has 2 rings (SSSR count). The van der Waals surface area contributed by atoms with Gasteiger partial charge >= 0.3 is 0 Å². The standard InChI is InChI=1S/C15H14BrClO/c16-13-3-1-2-12(10-13)15(18)9-6-11-4-7-14(17)8-5-11/h1-5,7-8,10,15,18H,6,9H2. The Labute approximate surface area is 121 Å². The van der Waals surface area contributed by atoms with Crippen LogP contribution in [0.4, 0.5) is 0 Å². The summed E-state index contributed by atoms with van der Waals surface area (Å²) in [5.74, 6) is 0. The minimum atomic E-state index is -0.432. The molecule has 3 heteroatoms. The lowest BCUT2D eigenvalue weighted by Gasteiger charge is -2.11. The topological polar surface area (TPSA) is 20.2 Å². The van der Waals surface area contributed by atoms with Gasteiger partial charge in [0.2, 0.25) is 0 Å². The predicted molar refractivity (Wildman–Crippen MR) is 78.9 cm³/mol. The Morgan fingerprint density at radius 1 is 1.11 bits per heavy atom. The van der Waals surface area contributed by atoms with Gasteiger partial charge in [0.1, 0.15) is 0 Å². The molecule has 2 aromatic carbocycles. The van der Waals surface area contributed by atoms with Crippen LogP contribution in [0.3, 0.4) is 0 Å². The minimum Gasteiger partial charge on any atom is -0.388 e. The first kappa shape index (κ1) is 13.6. The van der Waals surface area contributed by atoms with Gasteiger partial charge in [0.05, 0.1) is 6.10 Å². The number of hydrogen-bond acceptors (Lipinski definition) is 1. The molecule has 18 heavy (non-hydrogen) atoms. The Balaban J connectivity index is 1.96. The van der Waals surface area contributed by atoms with Crippen LogP contribution >= 0.6 is 27.5 Å². The zero-order valence-electron chi connectivity index (χ0n) is 9.81. The molecule has 0 saturated carbocycles. The third-order valence-electron chi connectivity index (χ3n) is 2.85. The van der Waals surface area contributed by atoms with Crippen LogP contribution in [0.25, 0.3) is 0 Å². The lowest BCUT2D eigenvalue weighted by molar-refractivity contribution is 0.168. The molecule has 1 unspecified atom stereocenters. The lowest BCUT2D eigenvalue weighted by atomic mass is 10.0. The number of aryl methyl sites for hydroxylation is 1. The van der Waals surface area contributed by atoms with E-state index in [0.717, 1.165) is 21.5 Å². The van der Waals surface area contributed by atoms with Crippen LogP contribution in [0.5, 0.6) is 0 Å². The van der Waals surface area contributed by atoms with Crippen molar-refractivity contribution < 1.29 is 5.11 Å². The van der Waals surface area contributed by atoms with Crippen LogP contribution in [-0.4, -0.2) is 5.11 Å². The first-order valence-electron chi connectivity index (χ1n) is 5.83. The van der Waals surface area contributed by atoms with E-state index in [1.54, 1.807) is 0 Å². The molecule has 0 aliphatic rings. The second-order valence-electron chi connectivity index (χ2n) is 4.24. The fourth-order valence-electron chi connectivity index (χ4n) is 1.83. The van der Waals surface area contributed by atoms with Crippen molar-refractivity contribution in [1.82, 2.24) is 0 Å². The van der Waals surface area contributed by atoms with Gasteiger partial charge < -0.3 is 5.11 Å². The zero-order chi connectivity index (χ0) is 13.0. The van der Waals surface area contributed by atoms with Gasteiger partial charge in [-0.05, 0) is 48.2 Å². The minimum absolute atomic E-state index is 0.432. The highest BCUT2D eigenvalue weighted by molar-refractivity contribution is 9.10. The number of benzene rings is 2. The highest BCUT2D eigenvalue weighted by Gasteiger charge is 2.07. The Hall–Kier alpha value is -0.830. The monoisotopic (exact) mass is 324 g/mol. The number of aliphatic hydroxyl groups is 1. The summed E-state index contributed by atoms with van der Waals surface area (Å²) in [5.41, 5.74) is 2.13. The Morgan fingerprint density at radius 3 is 2.50 bits per heavy atom. The van der Waals surface area contributed by atoms with Crippen molar-refractivity contribution in [2.24, 2.45) is 0 Å². The van der Waals surface area contributed by atoms with Crippen molar-refractivity contribution in [1.29, 1.82) is 0 Å². The second-order valence-corrected chi connectivity index (χ2v) is 5.59. The summed E-state index contributed by atoms with van der Waals surface area (Å²) in [7, 11) is 0. The molecule has 1 atom stereocenters. The van der Waals surface area contributed by atoms with E-state index in [1.807, 2.05) is 48.5 Å². The number of halogens is 2. The summed E-state index contributed by atoms with van der Waals surface area (Å²) >= 11 is 9.24. The molecule has 0 aliphatic carbocycles. The normalized spacial score (nSPS) is 12.4. The van der Waals surface area contributed by atoms with Gasteiger partial charge in [0, 0.05) is 9.50 Å². The Morgan fingerprint density at radius 2 is 1.83 bits per heavy atom. The molecule has 0 aliphatic heterocycles. The fourth-order valence-corrected chi connectivity index (χ4v) is 2.38. The average Bonchev–Trinajstić information content (AvgIpc) is 2.38. The molecule has 0 heterocycles. The van der Waals surface area contributed by atoms with Crippen molar-refractivity contribution in [3.63, 3.8) is 0 Å². The van der Waals surface area contributed by atoms with Crippen LogP contribution in [0, 0.1) is 0 Å². The van der Waals surface area contributed by atoms with E-state index in [1.165, 1.54) is 5.56 Å². The van der Waals surface area contributed by atoms with E-state index < -0.39 is 6.10 Å². The van der Waals surface area contributed by atoms with Crippen LogP contribution in [0.1, 0.15) is 23.7 Å². The highest BCUT2D eigenvalue weighted by atomic mass is 79.9. The van der Waals surface area contributed by atoms with Crippen LogP contribution in [0.15, 0.2) is 53.0 Å². The zero-order valence-corrected chi connectivity index (χ0v) is 12.2. The summed E-state index contributed by atoms with van der Waals surface area (Å²) < 4.78 is 0.991. The summed E-state index contributed by atoms with van der Waals surface area (Å²) in [4.78, 5) is 0. The van der Waals surface area contributed by atoms with Crippen LogP contribution in [0.2, 0.25) is 5.02 Å². The van der Waals surface area contributed by atoms with E-state index in [9.17, 15) is 5.11 Å². The molecule has 1 nitrogen and oxygen atoms in total. The maximum absolute atomic E-state index is 10.1. The summed E-state index contributed by atoms with van der Waals surface area (Å²) in [5, 5.41) is 10.9.